The molecule has 12 heteroatoms. The van der Waals surface area contributed by atoms with E-state index in [1.807, 2.05) is 71.3 Å². The van der Waals surface area contributed by atoms with Gasteiger partial charge in [-0.2, -0.15) is 5.10 Å². The van der Waals surface area contributed by atoms with Crippen LogP contribution in [0.4, 0.5) is 0 Å². The van der Waals surface area contributed by atoms with Crippen molar-refractivity contribution in [3.8, 4) is 22.8 Å². The smallest absolute Gasteiger partial charge is 0.355 e. The number of para-hydroxylation sites is 2. The minimum atomic E-state index is -0.568. The first-order valence-corrected chi connectivity index (χ1v) is 15.1. The summed E-state index contributed by atoms with van der Waals surface area (Å²) in [4.78, 5) is 30.0. The summed E-state index contributed by atoms with van der Waals surface area (Å²) in [5.41, 5.74) is 4.74. The van der Waals surface area contributed by atoms with Gasteiger partial charge in [-0.15, -0.1) is 21.5 Å². The fourth-order valence-corrected chi connectivity index (χ4v) is 6.30. The van der Waals surface area contributed by atoms with Crippen molar-refractivity contribution in [1.29, 1.82) is 0 Å². The first-order chi connectivity index (χ1) is 21.1. The Morgan fingerprint density at radius 3 is 2.51 bits per heavy atom. The number of hydrazone groups is 1. The number of carbonyl (C=O) groups is 2. The second-order valence-corrected chi connectivity index (χ2v) is 11.3. The van der Waals surface area contributed by atoms with Crippen molar-refractivity contribution in [1.82, 2.24) is 25.2 Å². The van der Waals surface area contributed by atoms with Crippen LogP contribution in [0, 0.1) is 0 Å². The molecule has 0 atom stereocenters. The van der Waals surface area contributed by atoms with Gasteiger partial charge in [-0.25, -0.2) is 10.2 Å². The number of nitrogens with zero attached hydrogens (tertiary/aromatic N) is 5. The molecule has 6 rings (SSSR count). The number of esters is 1. The van der Waals surface area contributed by atoms with Crippen molar-refractivity contribution < 1.29 is 14.3 Å². The number of ether oxygens (including phenoxy) is 1. The van der Waals surface area contributed by atoms with E-state index in [2.05, 4.69) is 25.7 Å². The summed E-state index contributed by atoms with van der Waals surface area (Å²) in [6, 6.07) is 27.8. The number of hydrogen-bond donors (Lipinski definition) is 1. The molecule has 0 saturated carbocycles. The van der Waals surface area contributed by atoms with Gasteiger partial charge in [0.1, 0.15) is 10.6 Å². The second kappa shape index (κ2) is 13.0. The van der Waals surface area contributed by atoms with Gasteiger partial charge in [0.05, 0.1) is 17.0 Å². The molecule has 3 aromatic carbocycles. The summed E-state index contributed by atoms with van der Waals surface area (Å²) >= 11 is 8.95. The quantitative estimate of drug-likeness (QED) is 0.0629. The van der Waals surface area contributed by atoms with E-state index in [1.165, 1.54) is 29.3 Å². The molecule has 0 unspecified atom stereocenters. The molecule has 0 radical (unpaired) electrons. The summed E-state index contributed by atoms with van der Waals surface area (Å²) in [5.74, 6) is 0.0484. The Labute approximate surface area is 259 Å². The van der Waals surface area contributed by atoms with Gasteiger partial charge in [0.2, 0.25) is 0 Å². The number of aromatic nitrogens is 4. The minimum Gasteiger partial charge on any atom is -0.422 e. The molecule has 212 valence electrons. The zero-order valence-electron chi connectivity index (χ0n) is 22.3. The Morgan fingerprint density at radius 2 is 1.70 bits per heavy atom. The molecule has 0 bridgehead atoms. The average Bonchev–Trinajstić information content (AvgIpc) is 3.63. The first-order valence-electron chi connectivity index (χ1n) is 12.9. The highest BCUT2D eigenvalue weighted by Crippen LogP contribution is 2.36. The van der Waals surface area contributed by atoms with Crippen LogP contribution in [0.3, 0.4) is 0 Å². The van der Waals surface area contributed by atoms with Crippen molar-refractivity contribution in [2.45, 2.75) is 5.16 Å². The largest absolute Gasteiger partial charge is 0.422 e. The molecule has 9 nitrogen and oxygen atoms in total. The van der Waals surface area contributed by atoms with Gasteiger partial charge in [0, 0.05) is 39.3 Å². The van der Waals surface area contributed by atoms with Crippen LogP contribution in [-0.2, 0) is 4.79 Å². The van der Waals surface area contributed by atoms with Gasteiger partial charge in [0.25, 0.3) is 5.91 Å². The zero-order valence-corrected chi connectivity index (χ0v) is 24.6. The number of pyridine rings is 1. The maximum Gasteiger partial charge on any atom is 0.355 e. The van der Waals surface area contributed by atoms with Gasteiger partial charge in [-0.3, -0.25) is 14.3 Å². The predicted molar refractivity (Wildman–Crippen MR) is 169 cm³/mol. The molecule has 43 heavy (non-hydrogen) atoms. The van der Waals surface area contributed by atoms with Crippen molar-refractivity contribution >= 4 is 62.9 Å². The molecule has 0 spiro atoms. The Bertz CT molecular complexity index is 1940. The molecule has 0 aliphatic carbocycles. The van der Waals surface area contributed by atoms with E-state index in [-0.39, 0.29) is 17.4 Å². The number of fused-ring (bicyclic) bond motifs is 1. The average molecular weight is 625 g/mol. The molecule has 1 amide bonds. The van der Waals surface area contributed by atoms with Crippen LogP contribution in [-0.4, -0.2) is 43.6 Å². The Hall–Kier alpha value is -4.84. The molecule has 0 saturated heterocycles. The number of amides is 1. The van der Waals surface area contributed by atoms with E-state index >= 15 is 0 Å². The van der Waals surface area contributed by atoms with Crippen LogP contribution in [0.25, 0.3) is 27.2 Å². The molecule has 0 aliphatic heterocycles. The number of nitrogens with one attached hydrogen (secondary N) is 1. The molecule has 3 heterocycles. The summed E-state index contributed by atoms with van der Waals surface area (Å²) in [6.07, 6.45) is 4.80. The number of halogens is 1. The van der Waals surface area contributed by atoms with E-state index in [9.17, 15) is 9.59 Å². The van der Waals surface area contributed by atoms with Crippen LogP contribution in [0.15, 0.2) is 114 Å². The lowest BCUT2D eigenvalue weighted by molar-refractivity contribution is -0.118. The third kappa shape index (κ3) is 6.33. The number of hydrogen-bond acceptors (Lipinski definition) is 9. The Kier molecular flexibility index (Phi) is 8.55. The lowest BCUT2D eigenvalue weighted by atomic mass is 10.2. The van der Waals surface area contributed by atoms with Gasteiger partial charge >= 0.3 is 5.97 Å². The van der Waals surface area contributed by atoms with E-state index < -0.39 is 5.97 Å². The molecule has 0 fully saturated rings. The molecular formula is C31H21ClN6O3S2. The SMILES string of the molecule is O=C(CSc1nnc(-c2ccncc2)n1-c1ccccc1)N/N=C/c1ccccc1OC(=O)c1sc2ccccc2c1Cl. The normalized spacial score (nSPS) is 11.2. The standard InChI is InChI=1S/C31H21ClN6O3S2/c32-27-23-11-5-7-13-25(23)43-28(27)30(40)41-24-12-6-4-8-21(24)18-34-35-26(39)19-42-31-37-36-29(20-14-16-33-17-15-20)38(31)22-9-2-1-3-10-22/h1-18H,19H2,(H,35,39)/b34-18+. The second-order valence-electron chi connectivity index (χ2n) is 8.96. The van der Waals surface area contributed by atoms with Gasteiger partial charge in [0.15, 0.2) is 11.0 Å². The number of thiophene rings is 1. The van der Waals surface area contributed by atoms with Crippen molar-refractivity contribution in [2.75, 3.05) is 5.75 Å². The van der Waals surface area contributed by atoms with Crippen LogP contribution >= 0.6 is 34.7 Å². The molecule has 0 aliphatic rings. The Morgan fingerprint density at radius 1 is 0.953 bits per heavy atom. The van der Waals surface area contributed by atoms with Crippen LogP contribution in [0.1, 0.15) is 15.2 Å². The van der Waals surface area contributed by atoms with E-state index in [1.54, 1.807) is 36.7 Å². The van der Waals surface area contributed by atoms with Crippen LogP contribution in [0.5, 0.6) is 5.75 Å². The number of benzene rings is 3. The van der Waals surface area contributed by atoms with Crippen LogP contribution < -0.4 is 10.2 Å². The summed E-state index contributed by atoms with van der Waals surface area (Å²) in [5, 5.41) is 14.5. The third-order valence-corrected chi connectivity index (χ3v) is 8.74. The summed E-state index contributed by atoms with van der Waals surface area (Å²) in [6.45, 7) is 0. The van der Waals surface area contributed by atoms with Crippen molar-refractivity contribution in [3.63, 3.8) is 0 Å². The molecule has 3 aromatic heterocycles. The monoisotopic (exact) mass is 624 g/mol. The summed E-state index contributed by atoms with van der Waals surface area (Å²) in [7, 11) is 0. The van der Waals surface area contributed by atoms with E-state index in [4.69, 9.17) is 16.3 Å². The maximum atomic E-state index is 13.0. The summed E-state index contributed by atoms with van der Waals surface area (Å²) < 4.78 is 8.44. The highest BCUT2D eigenvalue weighted by atomic mass is 35.5. The number of rotatable bonds is 9. The zero-order chi connectivity index (χ0) is 29.6. The highest BCUT2D eigenvalue weighted by molar-refractivity contribution is 7.99. The fraction of sp³-hybridized carbons (Fsp3) is 0.0323. The number of carbonyl (C=O) groups excluding carboxylic acids is 2. The van der Waals surface area contributed by atoms with Gasteiger partial charge in [-0.1, -0.05) is 71.9 Å². The third-order valence-electron chi connectivity index (χ3n) is 6.15. The molecular weight excluding hydrogens is 604 g/mol. The lowest BCUT2D eigenvalue weighted by Crippen LogP contribution is -2.20. The number of thioether (sulfide) groups is 1. The van der Waals surface area contributed by atoms with Crippen molar-refractivity contribution in [2.24, 2.45) is 5.10 Å². The highest BCUT2D eigenvalue weighted by Gasteiger charge is 2.20. The Balaban J connectivity index is 1.12. The van der Waals surface area contributed by atoms with Gasteiger partial charge < -0.3 is 4.74 Å². The van der Waals surface area contributed by atoms with E-state index in [0.717, 1.165) is 21.3 Å². The maximum absolute atomic E-state index is 13.0. The molecule has 1 N–H and O–H groups in total. The minimum absolute atomic E-state index is 0.0414. The molecule has 6 aromatic rings. The van der Waals surface area contributed by atoms with E-state index in [0.29, 0.717) is 26.4 Å². The predicted octanol–water partition coefficient (Wildman–Crippen LogP) is 6.66. The topological polar surface area (TPSA) is 111 Å². The van der Waals surface area contributed by atoms with Gasteiger partial charge in [-0.05, 0) is 42.5 Å². The lowest BCUT2D eigenvalue weighted by Gasteiger charge is -2.10. The van der Waals surface area contributed by atoms with Crippen LogP contribution in [0.2, 0.25) is 5.02 Å². The first kappa shape index (κ1) is 28.3. The van der Waals surface area contributed by atoms with Crippen molar-refractivity contribution in [3.05, 3.63) is 119 Å². The fourth-order valence-electron chi connectivity index (χ4n) is 4.17.